The van der Waals surface area contributed by atoms with Crippen LogP contribution in [0.5, 0.6) is 0 Å². The molecule has 9 N–H and O–H groups in total. The SMILES string of the molecule is CC(=O)Nc1ccc(C=O)cc1.NC1CCCCC1.NCCCC(N)C(=O)O.O=C(O)CC1CCCCC1. The van der Waals surface area contributed by atoms with Crippen LogP contribution in [-0.4, -0.2) is 53.0 Å². The minimum atomic E-state index is -0.955. The van der Waals surface area contributed by atoms with Crippen LogP contribution in [-0.2, 0) is 14.4 Å². The second-order valence-corrected chi connectivity index (χ2v) is 9.80. The zero-order valence-electron chi connectivity index (χ0n) is 22.8. The molecular formula is C28H48N4O6. The van der Waals surface area contributed by atoms with Gasteiger partial charge in [0.05, 0.1) is 0 Å². The normalized spacial score (nSPS) is 16.1. The van der Waals surface area contributed by atoms with Crippen LogP contribution in [0.1, 0.15) is 101 Å². The van der Waals surface area contributed by atoms with Crippen molar-refractivity contribution in [3.8, 4) is 0 Å². The lowest BCUT2D eigenvalue weighted by molar-refractivity contribution is -0.139. The fraction of sp³-hybridized carbons (Fsp3) is 0.643. The molecule has 2 fully saturated rings. The lowest BCUT2D eigenvalue weighted by Gasteiger charge is -2.18. The van der Waals surface area contributed by atoms with Crippen molar-refractivity contribution in [1.82, 2.24) is 0 Å². The highest BCUT2D eigenvalue weighted by Crippen LogP contribution is 2.25. The van der Waals surface area contributed by atoms with Gasteiger partial charge in [-0.25, -0.2) is 0 Å². The summed E-state index contributed by atoms with van der Waals surface area (Å²) in [5.74, 6) is -1.23. The molecule has 2 aliphatic rings. The van der Waals surface area contributed by atoms with Gasteiger partial charge in [-0.1, -0.05) is 38.5 Å². The van der Waals surface area contributed by atoms with Crippen molar-refractivity contribution in [2.24, 2.45) is 23.1 Å². The van der Waals surface area contributed by atoms with Crippen molar-refractivity contribution < 1.29 is 29.4 Å². The largest absolute Gasteiger partial charge is 0.481 e. The molecule has 1 aromatic rings. The zero-order chi connectivity index (χ0) is 28.8. The maximum atomic E-state index is 10.6. The number of anilines is 1. The molecule has 0 aromatic heterocycles. The van der Waals surface area contributed by atoms with E-state index in [1.165, 1.54) is 58.3 Å². The summed E-state index contributed by atoms with van der Waals surface area (Å²) < 4.78 is 0. The van der Waals surface area contributed by atoms with Crippen LogP contribution in [0, 0.1) is 5.92 Å². The second kappa shape index (κ2) is 22.2. The first kappa shape index (κ1) is 35.2. The summed E-state index contributed by atoms with van der Waals surface area (Å²) in [6.07, 6.45) is 15.0. The Kier molecular flexibility index (Phi) is 20.5. The van der Waals surface area contributed by atoms with Gasteiger partial charge >= 0.3 is 11.9 Å². The van der Waals surface area contributed by atoms with Gasteiger partial charge in [0.1, 0.15) is 12.3 Å². The maximum Gasteiger partial charge on any atom is 0.320 e. The third-order valence-corrected chi connectivity index (χ3v) is 6.24. The minimum absolute atomic E-state index is 0.117. The van der Waals surface area contributed by atoms with Crippen LogP contribution in [0.15, 0.2) is 24.3 Å². The molecule has 1 atom stereocenters. The van der Waals surface area contributed by atoms with E-state index in [1.54, 1.807) is 24.3 Å². The van der Waals surface area contributed by atoms with Crippen LogP contribution in [0.25, 0.3) is 0 Å². The third kappa shape index (κ3) is 20.3. The Hall–Kier alpha value is -2.82. The molecule has 10 nitrogen and oxygen atoms in total. The van der Waals surface area contributed by atoms with E-state index in [2.05, 4.69) is 5.32 Å². The van der Waals surface area contributed by atoms with Gasteiger partial charge < -0.3 is 32.7 Å². The molecule has 2 saturated carbocycles. The highest BCUT2D eigenvalue weighted by Gasteiger charge is 2.15. The number of hydrogen-bond donors (Lipinski definition) is 6. The van der Waals surface area contributed by atoms with Crippen molar-refractivity contribution >= 4 is 29.8 Å². The standard InChI is InChI=1S/C9H9NO2.C8H14O2.C6H13N.C5H12N2O2/c1-7(12)10-9-4-2-8(6-11)3-5-9;9-8(10)6-7-4-2-1-3-5-7;7-6-4-2-1-3-5-6;6-3-1-2-4(7)5(8)9/h2-6H,1H3,(H,10,12);7H,1-6H2,(H,9,10);6H,1-5,7H2;4H,1-3,6-7H2,(H,8,9). The molecule has 0 aliphatic heterocycles. The molecule has 3 rings (SSSR count). The quantitative estimate of drug-likeness (QED) is 0.266. The molecule has 2 aliphatic carbocycles. The number of carboxylic acid groups (broad SMARTS) is 2. The Morgan fingerprint density at radius 1 is 0.974 bits per heavy atom. The topological polar surface area (TPSA) is 199 Å². The summed E-state index contributed by atoms with van der Waals surface area (Å²) in [6.45, 7) is 1.94. The van der Waals surface area contributed by atoms with Crippen LogP contribution < -0.4 is 22.5 Å². The van der Waals surface area contributed by atoms with Crippen LogP contribution >= 0.6 is 0 Å². The van der Waals surface area contributed by atoms with E-state index in [-0.39, 0.29) is 5.91 Å². The molecule has 1 amide bonds. The number of benzene rings is 1. The number of aliphatic carboxylic acids is 2. The Morgan fingerprint density at radius 3 is 1.87 bits per heavy atom. The molecule has 10 heteroatoms. The zero-order valence-corrected chi connectivity index (χ0v) is 22.8. The molecule has 0 heterocycles. The van der Waals surface area contributed by atoms with Crippen molar-refractivity contribution in [1.29, 1.82) is 0 Å². The third-order valence-electron chi connectivity index (χ3n) is 6.24. The van der Waals surface area contributed by atoms with Gasteiger partial charge in [-0.2, -0.15) is 0 Å². The number of carbonyl (C=O) groups is 4. The van der Waals surface area contributed by atoms with Crippen molar-refractivity contribution in [2.75, 3.05) is 11.9 Å². The van der Waals surface area contributed by atoms with Crippen LogP contribution in [0.3, 0.4) is 0 Å². The first-order valence-electron chi connectivity index (χ1n) is 13.6. The fourth-order valence-electron chi connectivity index (χ4n) is 4.08. The van der Waals surface area contributed by atoms with Gasteiger partial charge in [-0.15, -0.1) is 0 Å². The number of carbonyl (C=O) groups excluding carboxylic acids is 2. The first-order valence-corrected chi connectivity index (χ1v) is 13.6. The summed E-state index contributed by atoms with van der Waals surface area (Å²) in [7, 11) is 0. The highest BCUT2D eigenvalue weighted by atomic mass is 16.4. The van der Waals surface area contributed by atoms with E-state index in [1.807, 2.05) is 0 Å². The molecule has 216 valence electrons. The molecule has 1 aromatic carbocycles. The lowest BCUT2D eigenvalue weighted by atomic mass is 9.87. The van der Waals surface area contributed by atoms with E-state index in [9.17, 15) is 19.2 Å². The number of aldehydes is 1. The Balaban J connectivity index is 0.000000489. The predicted molar refractivity (Wildman–Crippen MR) is 150 cm³/mol. The van der Waals surface area contributed by atoms with Gasteiger partial charge in [0, 0.05) is 30.6 Å². The Morgan fingerprint density at radius 2 is 1.50 bits per heavy atom. The van der Waals surface area contributed by atoms with Crippen molar-refractivity contribution in [3.63, 3.8) is 0 Å². The molecule has 0 bridgehead atoms. The highest BCUT2D eigenvalue weighted by molar-refractivity contribution is 5.89. The van der Waals surface area contributed by atoms with E-state index in [0.717, 1.165) is 19.1 Å². The Labute approximate surface area is 226 Å². The van der Waals surface area contributed by atoms with Gasteiger partial charge in [0.15, 0.2) is 0 Å². The summed E-state index contributed by atoms with van der Waals surface area (Å²) in [4.78, 5) is 41.1. The first-order chi connectivity index (χ1) is 18.1. The molecule has 0 spiro atoms. The molecule has 0 saturated heterocycles. The van der Waals surface area contributed by atoms with Gasteiger partial charge in [-0.3, -0.25) is 19.2 Å². The van der Waals surface area contributed by atoms with Crippen molar-refractivity contribution in [2.45, 2.75) is 102 Å². The minimum Gasteiger partial charge on any atom is -0.481 e. The number of carboxylic acids is 2. The lowest BCUT2D eigenvalue weighted by Crippen LogP contribution is -2.30. The van der Waals surface area contributed by atoms with Crippen LogP contribution in [0.4, 0.5) is 5.69 Å². The average Bonchev–Trinajstić information content (AvgIpc) is 2.89. The van der Waals surface area contributed by atoms with Gasteiger partial charge in [0.2, 0.25) is 5.91 Å². The number of nitrogens with two attached hydrogens (primary N) is 3. The summed E-state index contributed by atoms with van der Waals surface area (Å²) in [6, 6.07) is 6.47. The maximum absolute atomic E-state index is 10.6. The van der Waals surface area contributed by atoms with Gasteiger partial charge in [0.25, 0.3) is 0 Å². The van der Waals surface area contributed by atoms with E-state index in [0.29, 0.717) is 49.0 Å². The summed E-state index contributed by atoms with van der Waals surface area (Å²) >= 11 is 0. The monoisotopic (exact) mass is 536 g/mol. The number of amides is 1. The molecular weight excluding hydrogens is 488 g/mol. The number of rotatable bonds is 8. The predicted octanol–water partition coefficient (Wildman–Crippen LogP) is 3.91. The van der Waals surface area contributed by atoms with E-state index < -0.39 is 18.0 Å². The van der Waals surface area contributed by atoms with Crippen LogP contribution in [0.2, 0.25) is 0 Å². The smallest absolute Gasteiger partial charge is 0.320 e. The van der Waals surface area contributed by atoms with E-state index >= 15 is 0 Å². The average molecular weight is 537 g/mol. The van der Waals surface area contributed by atoms with Crippen molar-refractivity contribution in [3.05, 3.63) is 29.8 Å². The fourth-order valence-corrected chi connectivity index (χ4v) is 4.08. The number of nitrogens with one attached hydrogen (secondary N) is 1. The molecule has 1 unspecified atom stereocenters. The van der Waals surface area contributed by atoms with Gasteiger partial charge in [-0.05, 0) is 75.3 Å². The second-order valence-electron chi connectivity index (χ2n) is 9.80. The Bertz CT molecular complexity index is 791. The number of hydrogen-bond acceptors (Lipinski definition) is 7. The van der Waals surface area contributed by atoms with E-state index in [4.69, 9.17) is 27.4 Å². The summed E-state index contributed by atoms with van der Waals surface area (Å²) in [5, 5.41) is 19.3. The molecule has 38 heavy (non-hydrogen) atoms. The molecule has 0 radical (unpaired) electrons. The summed E-state index contributed by atoms with van der Waals surface area (Å²) in [5.41, 5.74) is 17.2.